The largest absolute Gasteiger partial charge is 0.490 e. The second-order valence-corrected chi connectivity index (χ2v) is 5.62. The Labute approximate surface area is 104 Å². The first-order valence-corrected chi connectivity index (χ1v) is 7.02. The summed E-state index contributed by atoms with van der Waals surface area (Å²) in [7, 11) is 1.16. The van der Waals surface area contributed by atoms with E-state index in [1.165, 1.54) is 12.1 Å². The molecule has 1 aromatic carbocycles. The Morgan fingerprint density at radius 3 is 2.71 bits per heavy atom. The molecule has 0 radical (unpaired) electrons. The summed E-state index contributed by atoms with van der Waals surface area (Å²) in [4.78, 5) is -0.294. The van der Waals surface area contributed by atoms with E-state index in [4.69, 9.17) is 15.4 Å². The van der Waals surface area contributed by atoms with Crippen LogP contribution >= 0.6 is 10.7 Å². The molecule has 0 amide bonds. The molecule has 6 heteroatoms. The van der Waals surface area contributed by atoms with Gasteiger partial charge in [0.05, 0.1) is 11.5 Å². The van der Waals surface area contributed by atoms with Crippen LogP contribution in [0.5, 0.6) is 5.75 Å². The zero-order chi connectivity index (χ0) is 12.9. The first-order chi connectivity index (χ1) is 7.95. The van der Waals surface area contributed by atoms with Gasteiger partial charge in [0.1, 0.15) is 0 Å². The van der Waals surface area contributed by atoms with Crippen molar-refractivity contribution in [2.45, 2.75) is 18.2 Å². The van der Waals surface area contributed by atoms with Crippen molar-refractivity contribution in [1.82, 2.24) is 0 Å². The van der Waals surface area contributed by atoms with Gasteiger partial charge in [-0.05, 0) is 25.1 Å². The molecule has 3 nitrogen and oxygen atoms in total. The summed E-state index contributed by atoms with van der Waals surface area (Å²) in [6, 6.07) is 3.24. The molecule has 0 aliphatic heterocycles. The van der Waals surface area contributed by atoms with Crippen molar-refractivity contribution in [3.63, 3.8) is 0 Å². The van der Waals surface area contributed by atoms with Crippen LogP contribution in [0.3, 0.4) is 0 Å². The molecule has 0 N–H and O–H groups in total. The number of hydrogen-bond donors (Lipinski definition) is 0. The molecule has 0 aliphatic rings. The molecule has 0 saturated heterocycles. The smallest absolute Gasteiger partial charge is 0.261 e. The van der Waals surface area contributed by atoms with Crippen LogP contribution in [0.2, 0.25) is 0 Å². The van der Waals surface area contributed by atoms with Gasteiger partial charge >= 0.3 is 0 Å². The van der Waals surface area contributed by atoms with Gasteiger partial charge in [0.25, 0.3) is 9.05 Å². The molecule has 0 heterocycles. The van der Waals surface area contributed by atoms with Crippen LogP contribution in [-0.2, 0) is 9.05 Å². The molecule has 0 aromatic heterocycles. The summed E-state index contributed by atoms with van der Waals surface area (Å²) >= 11 is 0. The highest BCUT2D eigenvalue weighted by molar-refractivity contribution is 8.13. The first-order valence-electron chi connectivity index (χ1n) is 4.72. The molecule has 0 bridgehead atoms. The van der Waals surface area contributed by atoms with Crippen molar-refractivity contribution in [1.29, 1.82) is 0 Å². The fraction of sp³-hybridized carbons (Fsp3) is 0.273. The Bertz CT molecular complexity index is 558. The summed E-state index contributed by atoms with van der Waals surface area (Å²) in [5.74, 6) is 4.65. The van der Waals surface area contributed by atoms with E-state index >= 15 is 0 Å². The van der Waals surface area contributed by atoms with Crippen LogP contribution in [0.4, 0.5) is 4.39 Å². The topological polar surface area (TPSA) is 43.4 Å². The molecule has 1 rings (SSSR count). The molecule has 17 heavy (non-hydrogen) atoms. The van der Waals surface area contributed by atoms with E-state index < -0.39 is 14.9 Å². The van der Waals surface area contributed by atoms with Gasteiger partial charge < -0.3 is 4.74 Å². The average Bonchev–Trinajstić information content (AvgIpc) is 2.24. The second-order valence-electron chi connectivity index (χ2n) is 3.06. The Morgan fingerprint density at radius 2 is 2.18 bits per heavy atom. The summed E-state index contributed by atoms with van der Waals surface area (Å²) in [5, 5.41) is 0. The predicted molar refractivity (Wildman–Crippen MR) is 63.0 cm³/mol. The van der Waals surface area contributed by atoms with Crippen molar-refractivity contribution in [3.8, 4) is 17.6 Å². The van der Waals surface area contributed by atoms with Crippen LogP contribution in [0.25, 0.3) is 0 Å². The van der Waals surface area contributed by atoms with Crippen molar-refractivity contribution < 1.29 is 17.5 Å². The first kappa shape index (κ1) is 13.8. The van der Waals surface area contributed by atoms with E-state index in [9.17, 15) is 12.8 Å². The van der Waals surface area contributed by atoms with Gasteiger partial charge in [0, 0.05) is 17.1 Å². The maximum absolute atomic E-state index is 13.4. The quantitative estimate of drug-likeness (QED) is 0.482. The minimum Gasteiger partial charge on any atom is -0.490 e. The second kappa shape index (κ2) is 5.89. The third-order valence-corrected chi connectivity index (χ3v) is 3.20. The molecule has 0 unspecified atom stereocenters. The highest BCUT2D eigenvalue weighted by Crippen LogP contribution is 2.23. The van der Waals surface area contributed by atoms with E-state index in [0.717, 1.165) is 6.07 Å². The van der Waals surface area contributed by atoms with Crippen LogP contribution in [-0.4, -0.2) is 15.0 Å². The minimum absolute atomic E-state index is 0.0213. The zero-order valence-corrected chi connectivity index (χ0v) is 10.6. The number of halogens is 2. The molecule has 0 spiro atoms. The van der Waals surface area contributed by atoms with Gasteiger partial charge in [-0.25, -0.2) is 12.8 Å². The van der Waals surface area contributed by atoms with Gasteiger partial charge in [-0.1, -0.05) is 0 Å². The third-order valence-electron chi connectivity index (χ3n) is 1.85. The van der Waals surface area contributed by atoms with E-state index in [0.29, 0.717) is 6.42 Å². The SMILES string of the molecule is CC#CCCOc1ccc(S(=O)(=O)Cl)cc1F. The van der Waals surface area contributed by atoms with E-state index in [1.807, 2.05) is 0 Å². The predicted octanol–water partition coefficient (Wildman–Crippen LogP) is 2.55. The Morgan fingerprint density at radius 1 is 1.47 bits per heavy atom. The van der Waals surface area contributed by atoms with Crippen LogP contribution in [0, 0.1) is 17.7 Å². The molecule has 0 fully saturated rings. The lowest BCUT2D eigenvalue weighted by molar-refractivity contribution is 0.309. The summed E-state index contributed by atoms with van der Waals surface area (Å²) in [6.07, 6.45) is 0.478. The maximum atomic E-state index is 13.4. The van der Waals surface area contributed by atoms with Gasteiger partial charge in [-0.3, -0.25) is 0 Å². The minimum atomic E-state index is -3.92. The maximum Gasteiger partial charge on any atom is 0.261 e. The van der Waals surface area contributed by atoms with Gasteiger partial charge in [-0.2, -0.15) is 0 Å². The normalized spacial score (nSPS) is 10.5. The highest BCUT2D eigenvalue weighted by Gasteiger charge is 2.13. The van der Waals surface area contributed by atoms with Gasteiger partial charge in [0.2, 0.25) is 0 Å². The highest BCUT2D eigenvalue weighted by atomic mass is 35.7. The Hall–Kier alpha value is -1.25. The molecule has 0 atom stereocenters. The third kappa shape index (κ3) is 4.25. The van der Waals surface area contributed by atoms with Crippen molar-refractivity contribution in [2.24, 2.45) is 0 Å². The average molecular weight is 277 g/mol. The lowest BCUT2D eigenvalue weighted by atomic mass is 10.3. The van der Waals surface area contributed by atoms with Crippen molar-refractivity contribution >= 4 is 19.7 Å². The van der Waals surface area contributed by atoms with Crippen molar-refractivity contribution in [2.75, 3.05) is 6.61 Å². The lowest BCUT2D eigenvalue weighted by Gasteiger charge is -2.05. The van der Waals surface area contributed by atoms with E-state index in [-0.39, 0.29) is 17.3 Å². The van der Waals surface area contributed by atoms with Gasteiger partial charge in [-0.15, -0.1) is 11.8 Å². The summed E-state index contributed by atoms with van der Waals surface area (Å²) < 4.78 is 40.4. The fourth-order valence-corrected chi connectivity index (χ4v) is 1.85. The molecule has 0 aliphatic carbocycles. The number of benzene rings is 1. The molecule has 0 saturated carbocycles. The Kier molecular flexibility index (Phi) is 4.79. The zero-order valence-electron chi connectivity index (χ0n) is 9.04. The molecular formula is C11H10ClFO3S. The molecular weight excluding hydrogens is 267 g/mol. The monoisotopic (exact) mass is 276 g/mol. The number of hydrogen-bond acceptors (Lipinski definition) is 3. The van der Waals surface area contributed by atoms with Crippen LogP contribution in [0.15, 0.2) is 23.1 Å². The summed E-state index contributed by atoms with van der Waals surface area (Å²) in [5.41, 5.74) is 0. The lowest BCUT2D eigenvalue weighted by Crippen LogP contribution is -1.99. The number of rotatable bonds is 4. The summed E-state index contributed by atoms with van der Waals surface area (Å²) in [6.45, 7) is 1.94. The fourth-order valence-electron chi connectivity index (χ4n) is 1.09. The van der Waals surface area contributed by atoms with Crippen LogP contribution < -0.4 is 4.74 Å². The van der Waals surface area contributed by atoms with E-state index in [2.05, 4.69) is 11.8 Å². The number of ether oxygens (including phenoxy) is 1. The van der Waals surface area contributed by atoms with Crippen LogP contribution in [0.1, 0.15) is 13.3 Å². The van der Waals surface area contributed by atoms with E-state index in [1.54, 1.807) is 6.92 Å². The Balaban J connectivity index is 2.79. The molecule has 92 valence electrons. The standard InChI is InChI=1S/C11H10ClFO3S/c1-2-3-4-7-16-11-6-5-9(8-10(11)13)17(12,14)15/h5-6,8H,4,7H2,1H3. The molecule has 1 aromatic rings. The van der Waals surface area contributed by atoms with Crippen molar-refractivity contribution in [3.05, 3.63) is 24.0 Å². The van der Waals surface area contributed by atoms with Gasteiger partial charge in [0.15, 0.2) is 11.6 Å².